The summed E-state index contributed by atoms with van der Waals surface area (Å²) in [6.45, 7) is 0. The van der Waals surface area contributed by atoms with Crippen LogP contribution in [0.25, 0.3) is 6.08 Å². The zero-order chi connectivity index (χ0) is 11.5. The van der Waals surface area contributed by atoms with Gasteiger partial charge in [-0.25, -0.2) is 0 Å². The van der Waals surface area contributed by atoms with E-state index in [1.54, 1.807) is 0 Å². The number of hydrogen-bond acceptors (Lipinski definition) is 1. The van der Waals surface area contributed by atoms with Gasteiger partial charge in [-0.2, -0.15) is 0 Å². The summed E-state index contributed by atoms with van der Waals surface area (Å²) >= 11 is 0. The lowest BCUT2D eigenvalue weighted by atomic mass is 10.1. The highest BCUT2D eigenvalue weighted by molar-refractivity contribution is 5.50. The fraction of sp³-hybridized carbons (Fsp3) is 0.125. The normalized spacial score (nSPS) is 22.8. The molecule has 3 rings (SSSR count). The summed E-state index contributed by atoms with van der Waals surface area (Å²) in [5.41, 5.74) is 2.48. The fourth-order valence-electron chi connectivity index (χ4n) is 1.95. The molecule has 0 aliphatic carbocycles. The van der Waals surface area contributed by atoms with Crippen LogP contribution in [0.15, 0.2) is 66.7 Å². The highest BCUT2D eigenvalue weighted by Gasteiger charge is 2.37. The Morgan fingerprint density at radius 2 is 1.47 bits per heavy atom. The lowest BCUT2D eigenvalue weighted by molar-refractivity contribution is 0.394. The van der Waals surface area contributed by atoms with Crippen LogP contribution in [-0.2, 0) is 4.74 Å². The van der Waals surface area contributed by atoms with Crippen LogP contribution in [0.3, 0.4) is 0 Å². The molecule has 0 bridgehead atoms. The van der Waals surface area contributed by atoms with Crippen molar-refractivity contribution in [1.29, 1.82) is 0 Å². The van der Waals surface area contributed by atoms with Crippen LogP contribution in [0.4, 0.5) is 0 Å². The highest BCUT2D eigenvalue weighted by Crippen LogP contribution is 2.39. The summed E-state index contributed by atoms with van der Waals surface area (Å²) in [5.74, 6) is 0. The molecule has 0 saturated carbocycles. The van der Waals surface area contributed by atoms with Gasteiger partial charge >= 0.3 is 0 Å². The van der Waals surface area contributed by atoms with Crippen LogP contribution >= 0.6 is 0 Å². The van der Waals surface area contributed by atoms with Gasteiger partial charge in [-0.05, 0) is 11.1 Å². The van der Waals surface area contributed by atoms with E-state index in [0.717, 1.165) is 0 Å². The topological polar surface area (TPSA) is 12.5 Å². The molecule has 1 saturated heterocycles. The van der Waals surface area contributed by atoms with Gasteiger partial charge in [0.25, 0.3) is 0 Å². The predicted octanol–water partition coefficient (Wildman–Crippen LogP) is 3.84. The maximum atomic E-state index is 5.64. The summed E-state index contributed by atoms with van der Waals surface area (Å²) in [4.78, 5) is 0. The van der Waals surface area contributed by atoms with E-state index in [1.807, 2.05) is 24.3 Å². The number of ether oxygens (including phenoxy) is 1. The van der Waals surface area contributed by atoms with E-state index in [1.165, 1.54) is 11.1 Å². The van der Waals surface area contributed by atoms with Gasteiger partial charge in [0.15, 0.2) is 0 Å². The van der Waals surface area contributed by atoms with Crippen LogP contribution < -0.4 is 0 Å². The minimum absolute atomic E-state index is 0.234. The maximum Gasteiger partial charge on any atom is 0.113 e. The Morgan fingerprint density at radius 3 is 2.18 bits per heavy atom. The third kappa shape index (κ3) is 2.45. The van der Waals surface area contributed by atoms with Crippen LogP contribution in [0.1, 0.15) is 17.2 Å². The molecular weight excluding hydrogens is 208 g/mol. The van der Waals surface area contributed by atoms with Gasteiger partial charge in [-0.1, -0.05) is 72.8 Å². The average Bonchev–Trinajstić information content (AvgIpc) is 3.18. The van der Waals surface area contributed by atoms with E-state index in [0.29, 0.717) is 0 Å². The van der Waals surface area contributed by atoms with Crippen molar-refractivity contribution in [3.8, 4) is 0 Å². The van der Waals surface area contributed by atoms with Crippen molar-refractivity contribution in [2.24, 2.45) is 0 Å². The van der Waals surface area contributed by atoms with E-state index >= 15 is 0 Å². The van der Waals surface area contributed by atoms with Crippen LogP contribution in [-0.4, -0.2) is 6.10 Å². The van der Waals surface area contributed by atoms with Crippen LogP contribution in [0.2, 0.25) is 0 Å². The first-order valence-corrected chi connectivity index (χ1v) is 5.87. The number of benzene rings is 2. The van der Waals surface area contributed by atoms with Crippen molar-refractivity contribution >= 4 is 6.08 Å². The Labute approximate surface area is 101 Å². The molecule has 0 amide bonds. The number of epoxide rings is 1. The van der Waals surface area contributed by atoms with Gasteiger partial charge in [-0.15, -0.1) is 0 Å². The summed E-state index contributed by atoms with van der Waals surface area (Å²) in [6.07, 6.45) is 4.73. The Morgan fingerprint density at radius 1 is 0.824 bits per heavy atom. The maximum absolute atomic E-state index is 5.64. The van der Waals surface area contributed by atoms with E-state index in [9.17, 15) is 0 Å². The SMILES string of the molecule is C(=CC1OC1c1ccccc1)c1ccccc1. The summed E-state index contributed by atoms with van der Waals surface area (Å²) in [7, 11) is 0. The summed E-state index contributed by atoms with van der Waals surface area (Å²) < 4.78 is 5.64. The Bertz CT molecular complexity index is 502. The van der Waals surface area contributed by atoms with E-state index in [-0.39, 0.29) is 12.2 Å². The fourth-order valence-corrected chi connectivity index (χ4v) is 1.95. The third-order valence-corrected chi connectivity index (χ3v) is 2.93. The van der Waals surface area contributed by atoms with Crippen molar-refractivity contribution in [2.45, 2.75) is 12.2 Å². The summed E-state index contributed by atoms with van der Waals surface area (Å²) in [6, 6.07) is 20.7. The van der Waals surface area contributed by atoms with Crippen molar-refractivity contribution in [1.82, 2.24) is 0 Å². The molecule has 0 spiro atoms. The molecular formula is C16H14O. The second-order valence-corrected chi connectivity index (χ2v) is 4.20. The highest BCUT2D eigenvalue weighted by atomic mass is 16.6. The van der Waals surface area contributed by atoms with Crippen LogP contribution in [0.5, 0.6) is 0 Å². The molecule has 1 heterocycles. The molecule has 1 aliphatic heterocycles. The lowest BCUT2D eigenvalue weighted by Gasteiger charge is -1.92. The molecule has 17 heavy (non-hydrogen) atoms. The van der Waals surface area contributed by atoms with Gasteiger partial charge in [-0.3, -0.25) is 0 Å². The van der Waals surface area contributed by atoms with Gasteiger partial charge in [0, 0.05) is 0 Å². The molecule has 1 heteroatoms. The lowest BCUT2D eigenvalue weighted by Crippen LogP contribution is -1.83. The monoisotopic (exact) mass is 222 g/mol. The molecule has 1 aliphatic rings. The smallest absolute Gasteiger partial charge is 0.113 e. The van der Waals surface area contributed by atoms with Gasteiger partial charge < -0.3 is 4.74 Å². The largest absolute Gasteiger partial charge is 0.360 e. The van der Waals surface area contributed by atoms with Crippen molar-refractivity contribution in [2.75, 3.05) is 0 Å². The number of rotatable bonds is 3. The van der Waals surface area contributed by atoms with E-state index in [4.69, 9.17) is 4.74 Å². The molecule has 0 radical (unpaired) electrons. The molecule has 2 aromatic rings. The molecule has 0 aromatic heterocycles. The predicted molar refractivity (Wildman–Crippen MR) is 69.5 cm³/mol. The zero-order valence-corrected chi connectivity index (χ0v) is 9.49. The van der Waals surface area contributed by atoms with Crippen molar-refractivity contribution < 1.29 is 4.74 Å². The molecule has 0 N–H and O–H groups in total. The van der Waals surface area contributed by atoms with Gasteiger partial charge in [0.1, 0.15) is 12.2 Å². The minimum atomic E-state index is 0.234. The van der Waals surface area contributed by atoms with Crippen molar-refractivity contribution in [3.63, 3.8) is 0 Å². The second-order valence-electron chi connectivity index (χ2n) is 4.20. The summed E-state index contributed by atoms with van der Waals surface area (Å²) in [5, 5.41) is 0. The average molecular weight is 222 g/mol. The first kappa shape index (κ1) is 10.3. The van der Waals surface area contributed by atoms with Gasteiger partial charge in [0.2, 0.25) is 0 Å². The molecule has 2 aromatic carbocycles. The standard InChI is InChI=1S/C16H14O/c1-3-7-13(8-4-1)11-12-15-16(17-15)14-9-5-2-6-10-14/h1-12,15-16H. The van der Waals surface area contributed by atoms with E-state index < -0.39 is 0 Å². The quantitative estimate of drug-likeness (QED) is 0.719. The Hall–Kier alpha value is -1.86. The Kier molecular flexibility index (Phi) is 2.76. The molecule has 2 atom stereocenters. The molecule has 1 fully saturated rings. The first-order valence-electron chi connectivity index (χ1n) is 5.87. The second kappa shape index (κ2) is 4.56. The minimum Gasteiger partial charge on any atom is -0.360 e. The third-order valence-electron chi connectivity index (χ3n) is 2.93. The zero-order valence-electron chi connectivity index (χ0n) is 9.49. The van der Waals surface area contributed by atoms with Crippen molar-refractivity contribution in [3.05, 3.63) is 77.9 Å². The molecule has 84 valence electrons. The van der Waals surface area contributed by atoms with E-state index in [2.05, 4.69) is 48.6 Å². The molecule has 1 nitrogen and oxygen atoms in total. The Balaban J connectivity index is 1.65. The van der Waals surface area contributed by atoms with Gasteiger partial charge in [0.05, 0.1) is 0 Å². The first-order chi connectivity index (χ1) is 8.43. The molecule has 2 unspecified atom stereocenters. The number of hydrogen-bond donors (Lipinski definition) is 0. The van der Waals surface area contributed by atoms with Crippen LogP contribution in [0, 0.1) is 0 Å².